The molecule has 156 valence electrons. The van der Waals surface area contributed by atoms with E-state index >= 15 is 0 Å². The van der Waals surface area contributed by atoms with Crippen molar-refractivity contribution in [2.45, 2.75) is 32.2 Å². The lowest BCUT2D eigenvalue weighted by atomic mass is 10.1. The van der Waals surface area contributed by atoms with Crippen LogP contribution in [0.25, 0.3) is 11.0 Å². The normalized spacial score (nSPS) is 14.6. The van der Waals surface area contributed by atoms with Gasteiger partial charge in [-0.05, 0) is 49.1 Å². The summed E-state index contributed by atoms with van der Waals surface area (Å²) in [5, 5.41) is 11.9. The summed E-state index contributed by atoms with van der Waals surface area (Å²) in [6.07, 6.45) is 4.06. The Bertz CT molecular complexity index is 1080. The molecule has 1 aliphatic rings. The van der Waals surface area contributed by atoms with E-state index in [4.69, 9.17) is 9.15 Å². The summed E-state index contributed by atoms with van der Waals surface area (Å²) in [5.41, 5.74) is 1.01. The third kappa shape index (κ3) is 4.59. The van der Waals surface area contributed by atoms with Gasteiger partial charge in [-0.1, -0.05) is 6.92 Å². The highest BCUT2D eigenvalue weighted by molar-refractivity contribution is 5.82. The number of fused-ring (bicyclic) bond motifs is 1. The molecule has 4 rings (SSSR count). The fourth-order valence-electron chi connectivity index (χ4n) is 3.73. The third-order valence-electron chi connectivity index (χ3n) is 5.29. The van der Waals surface area contributed by atoms with Crippen molar-refractivity contribution in [2.75, 3.05) is 24.6 Å². The minimum absolute atomic E-state index is 0.0897. The first kappa shape index (κ1) is 19.9. The molecule has 0 atom stereocenters. The molecule has 0 spiro atoms. The van der Waals surface area contributed by atoms with E-state index < -0.39 is 0 Å². The van der Waals surface area contributed by atoms with Gasteiger partial charge in [0.15, 0.2) is 12.4 Å². The molecule has 0 radical (unpaired) electrons. The van der Waals surface area contributed by atoms with Gasteiger partial charge < -0.3 is 19.4 Å². The first-order valence-corrected chi connectivity index (χ1v) is 10.1. The van der Waals surface area contributed by atoms with E-state index in [1.54, 1.807) is 18.3 Å². The molecule has 1 N–H and O–H groups in total. The second-order valence-corrected chi connectivity index (χ2v) is 7.30. The topological polar surface area (TPSA) is 97.6 Å². The van der Waals surface area contributed by atoms with Crippen LogP contribution in [0.5, 0.6) is 5.75 Å². The number of carbonyl (C=O) groups excluding carboxylic acids is 1. The lowest BCUT2D eigenvalue weighted by Gasteiger charge is -2.32. The maximum absolute atomic E-state index is 12.3. The van der Waals surface area contributed by atoms with E-state index in [2.05, 4.69) is 20.4 Å². The molecule has 1 fully saturated rings. The first-order chi connectivity index (χ1) is 14.6. The van der Waals surface area contributed by atoms with Gasteiger partial charge in [-0.25, -0.2) is 4.79 Å². The van der Waals surface area contributed by atoms with E-state index in [0.29, 0.717) is 11.3 Å². The number of amides is 1. The molecule has 1 aliphatic heterocycles. The van der Waals surface area contributed by atoms with Gasteiger partial charge in [0.1, 0.15) is 11.3 Å². The van der Waals surface area contributed by atoms with E-state index in [1.807, 2.05) is 25.1 Å². The third-order valence-corrected chi connectivity index (χ3v) is 5.29. The van der Waals surface area contributed by atoms with Crippen molar-refractivity contribution in [2.24, 2.45) is 0 Å². The molecule has 8 heteroatoms. The van der Waals surface area contributed by atoms with Crippen LogP contribution in [0, 0.1) is 0 Å². The molecule has 2 aromatic heterocycles. The van der Waals surface area contributed by atoms with Crippen LogP contribution in [0.4, 0.5) is 5.82 Å². The molecule has 0 aliphatic carbocycles. The van der Waals surface area contributed by atoms with Crippen LogP contribution in [0.3, 0.4) is 0 Å². The van der Waals surface area contributed by atoms with Crippen molar-refractivity contribution in [1.29, 1.82) is 0 Å². The average molecular weight is 408 g/mol. The van der Waals surface area contributed by atoms with Crippen LogP contribution >= 0.6 is 0 Å². The van der Waals surface area contributed by atoms with Crippen LogP contribution in [-0.4, -0.2) is 41.8 Å². The summed E-state index contributed by atoms with van der Waals surface area (Å²) >= 11 is 0. The number of piperidine rings is 1. The van der Waals surface area contributed by atoms with Crippen LogP contribution in [0.1, 0.15) is 25.3 Å². The lowest BCUT2D eigenvalue weighted by molar-refractivity contribution is -0.123. The Morgan fingerprint density at radius 1 is 1.27 bits per heavy atom. The molecule has 3 aromatic rings. The van der Waals surface area contributed by atoms with Crippen LogP contribution in [0.2, 0.25) is 0 Å². The van der Waals surface area contributed by atoms with Gasteiger partial charge >= 0.3 is 5.63 Å². The number of aromatic nitrogens is 2. The first-order valence-electron chi connectivity index (χ1n) is 10.1. The Balaban J connectivity index is 1.29. The smallest absolute Gasteiger partial charge is 0.336 e. The summed E-state index contributed by atoms with van der Waals surface area (Å²) in [6, 6.07) is 10.7. The Morgan fingerprint density at radius 2 is 2.10 bits per heavy atom. The number of hydrogen-bond donors (Lipinski definition) is 1. The molecule has 8 nitrogen and oxygen atoms in total. The Labute approximate surface area is 173 Å². The van der Waals surface area contributed by atoms with Crippen molar-refractivity contribution in [1.82, 2.24) is 15.5 Å². The highest BCUT2D eigenvalue weighted by atomic mass is 16.5. The van der Waals surface area contributed by atoms with Crippen molar-refractivity contribution >= 4 is 22.7 Å². The lowest BCUT2D eigenvalue weighted by Crippen LogP contribution is -2.46. The quantitative estimate of drug-likeness (QED) is 0.625. The maximum atomic E-state index is 12.3. The van der Waals surface area contributed by atoms with Gasteiger partial charge in [0.2, 0.25) is 0 Å². The zero-order valence-corrected chi connectivity index (χ0v) is 16.8. The molecule has 1 saturated heterocycles. The van der Waals surface area contributed by atoms with Gasteiger partial charge in [0.05, 0.1) is 0 Å². The van der Waals surface area contributed by atoms with Gasteiger partial charge in [0, 0.05) is 42.8 Å². The molecular weight excluding hydrogens is 384 g/mol. The van der Waals surface area contributed by atoms with Gasteiger partial charge in [-0.3, -0.25) is 4.79 Å². The Hall–Kier alpha value is -3.42. The van der Waals surface area contributed by atoms with Gasteiger partial charge in [0.25, 0.3) is 5.91 Å². The number of carbonyl (C=O) groups is 1. The average Bonchev–Trinajstić information content (AvgIpc) is 2.78. The number of aryl methyl sites for hydroxylation is 1. The number of nitrogens with zero attached hydrogens (tertiary/aromatic N) is 3. The summed E-state index contributed by atoms with van der Waals surface area (Å²) in [6.45, 7) is 3.52. The van der Waals surface area contributed by atoms with Crippen LogP contribution < -0.4 is 20.6 Å². The van der Waals surface area contributed by atoms with E-state index in [0.717, 1.165) is 49.1 Å². The number of rotatable bonds is 6. The monoisotopic (exact) mass is 408 g/mol. The highest BCUT2D eigenvalue weighted by Gasteiger charge is 2.21. The van der Waals surface area contributed by atoms with Crippen molar-refractivity contribution < 1.29 is 13.9 Å². The molecule has 30 heavy (non-hydrogen) atoms. The molecule has 1 amide bonds. The van der Waals surface area contributed by atoms with E-state index in [1.165, 1.54) is 6.07 Å². The van der Waals surface area contributed by atoms with Gasteiger partial charge in [-0.15, -0.1) is 5.10 Å². The summed E-state index contributed by atoms with van der Waals surface area (Å²) in [5.74, 6) is 1.18. The molecule has 1 aromatic carbocycles. The predicted octanol–water partition coefficient (Wildman–Crippen LogP) is 2.31. The van der Waals surface area contributed by atoms with Crippen LogP contribution in [0.15, 0.2) is 51.8 Å². The SMILES string of the molecule is CCc1cc(=O)oc2cc(OCC(=O)NC3CCN(c4cccnn4)CC3)ccc12. The summed E-state index contributed by atoms with van der Waals surface area (Å²) < 4.78 is 10.9. The van der Waals surface area contributed by atoms with Crippen molar-refractivity contribution in [3.05, 3.63) is 58.6 Å². The minimum atomic E-state index is -0.387. The molecule has 0 unspecified atom stereocenters. The summed E-state index contributed by atoms with van der Waals surface area (Å²) in [4.78, 5) is 26.2. The highest BCUT2D eigenvalue weighted by Crippen LogP contribution is 2.23. The fraction of sp³-hybridized carbons (Fsp3) is 0.364. The fourth-order valence-corrected chi connectivity index (χ4v) is 3.73. The van der Waals surface area contributed by atoms with Crippen molar-refractivity contribution in [3.8, 4) is 5.75 Å². The zero-order valence-electron chi connectivity index (χ0n) is 16.8. The second kappa shape index (κ2) is 8.94. The molecular formula is C22H24N4O4. The Morgan fingerprint density at radius 3 is 2.83 bits per heavy atom. The zero-order chi connectivity index (χ0) is 20.9. The number of benzene rings is 1. The van der Waals surface area contributed by atoms with Gasteiger partial charge in [-0.2, -0.15) is 5.10 Å². The number of anilines is 1. The molecule has 3 heterocycles. The Kier molecular flexibility index (Phi) is 5.92. The van der Waals surface area contributed by atoms with E-state index in [9.17, 15) is 9.59 Å². The van der Waals surface area contributed by atoms with Crippen LogP contribution in [-0.2, 0) is 11.2 Å². The predicted molar refractivity (Wildman–Crippen MR) is 113 cm³/mol. The summed E-state index contributed by atoms with van der Waals surface area (Å²) in [7, 11) is 0. The number of hydrogen-bond acceptors (Lipinski definition) is 7. The number of ether oxygens (including phenoxy) is 1. The minimum Gasteiger partial charge on any atom is -0.484 e. The second-order valence-electron chi connectivity index (χ2n) is 7.30. The number of nitrogens with one attached hydrogen (secondary N) is 1. The molecule has 0 bridgehead atoms. The largest absolute Gasteiger partial charge is 0.484 e. The molecule has 0 saturated carbocycles. The standard InChI is InChI=1S/C22H24N4O4/c1-2-15-12-22(28)30-19-13-17(5-6-18(15)19)29-14-21(27)24-16-7-10-26(11-8-16)20-4-3-9-23-25-20/h3-6,9,12-13,16H,2,7-8,10-11,14H2,1H3,(H,24,27). The maximum Gasteiger partial charge on any atom is 0.336 e. The van der Waals surface area contributed by atoms with Crippen molar-refractivity contribution in [3.63, 3.8) is 0 Å². The van der Waals surface area contributed by atoms with E-state index in [-0.39, 0.29) is 24.2 Å².